The van der Waals surface area contributed by atoms with Crippen LogP contribution >= 0.6 is 0 Å². The largest absolute Gasteiger partial charge is 0.493 e. The van der Waals surface area contributed by atoms with Crippen molar-refractivity contribution in [3.05, 3.63) is 94.3 Å². The second kappa shape index (κ2) is 9.37. The van der Waals surface area contributed by atoms with Gasteiger partial charge in [0.1, 0.15) is 5.75 Å². The van der Waals surface area contributed by atoms with E-state index in [9.17, 15) is 18.0 Å². The molecule has 0 saturated carbocycles. The smallest absolute Gasteiger partial charge is 0.416 e. The number of hydrogen-bond acceptors (Lipinski definition) is 4. The van der Waals surface area contributed by atoms with E-state index in [2.05, 4.69) is 30.9 Å². The predicted octanol–water partition coefficient (Wildman–Crippen LogP) is 6.39. The van der Waals surface area contributed by atoms with Crippen molar-refractivity contribution in [2.45, 2.75) is 26.9 Å². The summed E-state index contributed by atoms with van der Waals surface area (Å²) in [6, 6.07) is 18.5. The Morgan fingerprint density at radius 3 is 2.37 bits per heavy atom. The van der Waals surface area contributed by atoms with Crippen LogP contribution in [0.3, 0.4) is 0 Å². The number of fused-ring (bicyclic) bond motifs is 1. The number of ether oxygens (including phenoxy) is 1. The second-order valence-electron chi connectivity index (χ2n) is 9.31. The van der Waals surface area contributed by atoms with E-state index >= 15 is 0 Å². The molecular weight excluding hydrogens is 455 g/mol. The minimum atomic E-state index is -4.53. The first kappa shape index (κ1) is 24.2. The molecule has 0 fully saturated rings. The van der Waals surface area contributed by atoms with Gasteiger partial charge in [0.2, 0.25) is 0 Å². The quantitative estimate of drug-likeness (QED) is 0.312. The highest BCUT2D eigenvalue weighted by atomic mass is 19.4. The summed E-state index contributed by atoms with van der Waals surface area (Å²) in [4.78, 5) is 17.7. The zero-order chi connectivity index (χ0) is 25.2. The number of halogens is 3. The van der Waals surface area contributed by atoms with E-state index in [4.69, 9.17) is 4.74 Å². The van der Waals surface area contributed by atoms with Crippen LogP contribution in [-0.4, -0.2) is 22.5 Å². The molecule has 0 amide bonds. The number of hydrogen-bond donors (Lipinski definition) is 0. The average Bonchev–Trinajstić information content (AvgIpc) is 2.82. The van der Waals surface area contributed by atoms with Crippen molar-refractivity contribution in [1.82, 2.24) is 9.66 Å². The highest BCUT2D eigenvalue weighted by molar-refractivity contribution is 5.82. The normalized spacial score (nSPS) is 12.4. The highest BCUT2D eigenvalue weighted by Crippen LogP contribution is 2.32. The maximum absolute atomic E-state index is 13.3. The molecule has 0 aliphatic rings. The van der Waals surface area contributed by atoms with Crippen LogP contribution in [0.25, 0.3) is 22.3 Å². The molecule has 0 unspecified atom stereocenters. The molecule has 3 aromatic carbocycles. The maximum Gasteiger partial charge on any atom is 0.416 e. The molecule has 4 aromatic rings. The first-order valence-electron chi connectivity index (χ1n) is 11.0. The van der Waals surface area contributed by atoms with Gasteiger partial charge in [-0.05, 0) is 59.5 Å². The van der Waals surface area contributed by atoms with Crippen molar-refractivity contribution in [2.24, 2.45) is 10.5 Å². The Labute approximate surface area is 200 Å². The van der Waals surface area contributed by atoms with Gasteiger partial charge < -0.3 is 4.74 Å². The van der Waals surface area contributed by atoms with Crippen molar-refractivity contribution in [3.8, 4) is 17.1 Å². The molecule has 1 aromatic heterocycles. The van der Waals surface area contributed by atoms with Crippen LogP contribution in [0.2, 0.25) is 0 Å². The number of rotatable bonds is 5. The number of nitrogens with zero attached hydrogens (tertiary/aromatic N) is 3. The van der Waals surface area contributed by atoms with Crippen LogP contribution in [0.15, 0.2) is 82.7 Å². The fourth-order valence-electron chi connectivity index (χ4n) is 3.33. The van der Waals surface area contributed by atoms with Crippen LogP contribution in [0, 0.1) is 5.41 Å². The standard InChI is InChI=1S/C27H24F3N3O2/c1-26(2,3)17-35-21-13-11-18(12-14-21)16-31-33-24(19-7-6-8-20(15-19)27(28,29)30)32-23-10-5-4-9-22(23)25(33)34/h4-16H,17H2,1-3H3. The zero-order valence-corrected chi connectivity index (χ0v) is 19.5. The molecule has 0 bridgehead atoms. The molecule has 4 rings (SSSR count). The van der Waals surface area contributed by atoms with Crippen molar-refractivity contribution >= 4 is 17.1 Å². The summed E-state index contributed by atoms with van der Waals surface area (Å²) in [5.41, 5.74) is -0.113. The summed E-state index contributed by atoms with van der Waals surface area (Å²) in [7, 11) is 0. The van der Waals surface area contributed by atoms with Gasteiger partial charge in [0.05, 0.1) is 29.3 Å². The summed E-state index contributed by atoms with van der Waals surface area (Å²) in [5, 5.41) is 4.62. The first-order valence-corrected chi connectivity index (χ1v) is 11.0. The summed E-state index contributed by atoms with van der Waals surface area (Å²) in [6.07, 6.45) is -3.07. The number of aromatic nitrogens is 2. The molecule has 5 nitrogen and oxygen atoms in total. The summed E-state index contributed by atoms with van der Waals surface area (Å²) in [6.45, 7) is 6.78. The molecule has 0 radical (unpaired) electrons. The van der Waals surface area contributed by atoms with Gasteiger partial charge in [-0.2, -0.15) is 22.9 Å². The minimum absolute atomic E-state index is 0.0150. The number of alkyl halides is 3. The van der Waals surface area contributed by atoms with Gasteiger partial charge in [0, 0.05) is 5.56 Å². The van der Waals surface area contributed by atoms with E-state index < -0.39 is 17.3 Å². The third-order valence-electron chi connectivity index (χ3n) is 5.08. The van der Waals surface area contributed by atoms with Gasteiger partial charge in [0.25, 0.3) is 5.56 Å². The molecule has 0 spiro atoms. The Kier molecular flexibility index (Phi) is 6.47. The molecule has 0 N–H and O–H groups in total. The fraction of sp³-hybridized carbons (Fsp3) is 0.222. The maximum atomic E-state index is 13.3. The first-order chi connectivity index (χ1) is 16.5. The zero-order valence-electron chi connectivity index (χ0n) is 19.5. The second-order valence-corrected chi connectivity index (χ2v) is 9.31. The molecule has 0 aliphatic carbocycles. The minimum Gasteiger partial charge on any atom is -0.493 e. The van der Waals surface area contributed by atoms with Crippen LogP contribution in [-0.2, 0) is 6.18 Å². The Morgan fingerprint density at radius 1 is 0.971 bits per heavy atom. The van der Waals surface area contributed by atoms with Crippen molar-refractivity contribution in [3.63, 3.8) is 0 Å². The van der Waals surface area contributed by atoms with Crippen molar-refractivity contribution in [1.29, 1.82) is 0 Å². The Hall–Kier alpha value is -3.94. The monoisotopic (exact) mass is 479 g/mol. The van der Waals surface area contributed by atoms with Gasteiger partial charge in [-0.25, -0.2) is 4.98 Å². The lowest BCUT2D eigenvalue weighted by Crippen LogP contribution is -2.20. The lowest BCUT2D eigenvalue weighted by atomic mass is 9.99. The SMILES string of the molecule is CC(C)(C)COc1ccc(C=Nn2c(-c3cccc(C(F)(F)F)c3)nc3ccccc3c2=O)cc1. The topological polar surface area (TPSA) is 56.5 Å². The highest BCUT2D eigenvalue weighted by Gasteiger charge is 2.31. The lowest BCUT2D eigenvalue weighted by Gasteiger charge is -2.18. The molecule has 0 aliphatic heterocycles. The average molecular weight is 480 g/mol. The van der Waals surface area contributed by atoms with Gasteiger partial charge in [-0.3, -0.25) is 4.79 Å². The molecule has 35 heavy (non-hydrogen) atoms. The fourth-order valence-corrected chi connectivity index (χ4v) is 3.33. The Morgan fingerprint density at radius 2 is 1.69 bits per heavy atom. The summed E-state index contributed by atoms with van der Waals surface area (Å²) >= 11 is 0. The van der Waals surface area contributed by atoms with E-state index in [0.29, 0.717) is 28.8 Å². The third-order valence-corrected chi connectivity index (χ3v) is 5.08. The van der Waals surface area contributed by atoms with Gasteiger partial charge in [0.15, 0.2) is 5.82 Å². The van der Waals surface area contributed by atoms with E-state index in [1.165, 1.54) is 18.3 Å². The van der Waals surface area contributed by atoms with Crippen LogP contribution < -0.4 is 10.3 Å². The summed E-state index contributed by atoms with van der Waals surface area (Å²) < 4.78 is 46.7. The molecule has 0 atom stereocenters. The van der Waals surface area contributed by atoms with Gasteiger partial charge >= 0.3 is 6.18 Å². The van der Waals surface area contributed by atoms with Gasteiger partial charge in [-0.1, -0.05) is 45.0 Å². The molecule has 180 valence electrons. The van der Waals surface area contributed by atoms with E-state index in [0.717, 1.165) is 16.8 Å². The molecule has 8 heteroatoms. The Bertz CT molecular complexity index is 1430. The van der Waals surface area contributed by atoms with Crippen LogP contribution in [0.5, 0.6) is 5.75 Å². The number of para-hydroxylation sites is 1. The van der Waals surface area contributed by atoms with E-state index in [-0.39, 0.29) is 16.8 Å². The third kappa shape index (κ3) is 5.77. The van der Waals surface area contributed by atoms with Gasteiger partial charge in [-0.15, -0.1) is 0 Å². The van der Waals surface area contributed by atoms with Crippen LogP contribution in [0.1, 0.15) is 31.9 Å². The van der Waals surface area contributed by atoms with Crippen LogP contribution in [0.4, 0.5) is 13.2 Å². The molecule has 1 heterocycles. The molecule has 0 saturated heterocycles. The van der Waals surface area contributed by atoms with Crippen molar-refractivity contribution < 1.29 is 17.9 Å². The molecular formula is C27H24F3N3O2. The van der Waals surface area contributed by atoms with E-state index in [1.807, 2.05) is 0 Å². The lowest BCUT2D eigenvalue weighted by molar-refractivity contribution is -0.137. The number of benzene rings is 3. The Balaban J connectivity index is 1.75. The van der Waals surface area contributed by atoms with Crippen molar-refractivity contribution in [2.75, 3.05) is 6.61 Å². The summed E-state index contributed by atoms with van der Waals surface area (Å²) in [5.74, 6) is 0.715. The predicted molar refractivity (Wildman–Crippen MR) is 131 cm³/mol. The van der Waals surface area contributed by atoms with E-state index in [1.54, 1.807) is 48.5 Å².